The zero-order chi connectivity index (χ0) is 26.1. The van der Waals surface area contributed by atoms with Crippen molar-refractivity contribution in [1.29, 1.82) is 0 Å². The molecule has 196 valence electrons. The first-order valence-corrected chi connectivity index (χ1v) is 12.8. The number of ether oxygens (including phenoxy) is 2. The predicted octanol–water partition coefficient (Wildman–Crippen LogP) is 5.17. The highest BCUT2D eigenvalue weighted by molar-refractivity contribution is 6.35. The van der Waals surface area contributed by atoms with Crippen molar-refractivity contribution in [2.75, 3.05) is 33.2 Å². The second kappa shape index (κ2) is 14.0. The lowest BCUT2D eigenvalue weighted by atomic mass is 9.86. The van der Waals surface area contributed by atoms with Crippen LogP contribution in [0.4, 0.5) is 5.69 Å². The number of aliphatic hydroxyl groups is 1. The molecule has 1 amide bonds. The van der Waals surface area contributed by atoms with Crippen LogP contribution in [0, 0.1) is 11.8 Å². The molecule has 2 N–H and O–H groups in total. The summed E-state index contributed by atoms with van der Waals surface area (Å²) < 4.78 is 11.2. The fraction of sp³-hybridized carbons (Fsp3) is 0.607. The van der Waals surface area contributed by atoms with E-state index in [-0.39, 0.29) is 24.0 Å². The van der Waals surface area contributed by atoms with Gasteiger partial charge >= 0.3 is 0 Å². The number of benzene rings is 1. The molecule has 1 heterocycles. The highest BCUT2D eigenvalue weighted by Gasteiger charge is 2.26. The van der Waals surface area contributed by atoms with Crippen LogP contribution in [0.2, 0.25) is 5.02 Å². The van der Waals surface area contributed by atoms with Crippen molar-refractivity contribution in [3.8, 4) is 5.75 Å². The van der Waals surface area contributed by atoms with E-state index in [2.05, 4.69) is 32.2 Å². The van der Waals surface area contributed by atoms with Crippen LogP contribution in [0.1, 0.15) is 52.0 Å². The van der Waals surface area contributed by atoms with Crippen molar-refractivity contribution in [1.82, 2.24) is 5.32 Å². The zero-order valence-electron chi connectivity index (χ0n) is 22.3. The molecule has 2 unspecified atom stereocenters. The fourth-order valence-electron chi connectivity index (χ4n) is 4.71. The van der Waals surface area contributed by atoms with Gasteiger partial charge in [0, 0.05) is 26.6 Å². The lowest BCUT2D eigenvalue weighted by molar-refractivity contribution is -0.118. The minimum Gasteiger partial charge on any atom is -0.495 e. The maximum absolute atomic E-state index is 13.1. The van der Waals surface area contributed by atoms with Crippen LogP contribution in [-0.2, 0) is 16.0 Å². The summed E-state index contributed by atoms with van der Waals surface area (Å²) in [6, 6.07) is 3.88. The quantitative estimate of drug-likeness (QED) is 0.592. The number of carbonyl (C=O) groups is 1. The lowest BCUT2D eigenvalue weighted by Crippen LogP contribution is -2.41. The summed E-state index contributed by atoms with van der Waals surface area (Å²) in [7, 11) is 6.94. The van der Waals surface area contributed by atoms with Gasteiger partial charge in [-0.2, -0.15) is 0 Å². The van der Waals surface area contributed by atoms with Gasteiger partial charge in [-0.05, 0) is 69.2 Å². The highest BCUT2D eigenvalue weighted by Crippen LogP contribution is 2.37. The van der Waals surface area contributed by atoms with Crippen LogP contribution in [-0.4, -0.2) is 57.6 Å². The molecule has 2 rings (SSSR count). The van der Waals surface area contributed by atoms with Crippen LogP contribution in [0.3, 0.4) is 0 Å². The third-order valence-electron chi connectivity index (χ3n) is 7.02. The summed E-state index contributed by atoms with van der Waals surface area (Å²) in [6.45, 7) is 6.28. The Morgan fingerprint density at radius 2 is 1.91 bits per heavy atom. The third-order valence-corrected chi connectivity index (χ3v) is 7.40. The predicted molar refractivity (Wildman–Crippen MR) is 144 cm³/mol. The number of hydrogen-bond donors (Lipinski definition) is 2. The SMILES string of the molecule is CNC1CC(O)[C@@H](C)C[C@@H](C)CCC(=O)N(C)c2cc(cc(OC)c2Cl)C/C(C)=C/C=C/[C@H]1OC. The number of anilines is 1. The van der Waals surface area contributed by atoms with E-state index >= 15 is 0 Å². The minimum absolute atomic E-state index is 0.0115. The first-order valence-electron chi connectivity index (χ1n) is 12.5. The van der Waals surface area contributed by atoms with E-state index in [4.69, 9.17) is 21.1 Å². The summed E-state index contributed by atoms with van der Waals surface area (Å²) >= 11 is 6.60. The Labute approximate surface area is 216 Å². The van der Waals surface area contributed by atoms with Crippen LogP contribution in [0.5, 0.6) is 5.75 Å². The average Bonchev–Trinajstić information content (AvgIpc) is 2.83. The molecule has 1 aliphatic rings. The normalized spacial score (nSPS) is 30.0. The average molecular weight is 507 g/mol. The van der Waals surface area contributed by atoms with Gasteiger partial charge in [-0.15, -0.1) is 0 Å². The van der Waals surface area contributed by atoms with Gasteiger partial charge in [-0.1, -0.05) is 49.2 Å². The van der Waals surface area contributed by atoms with E-state index in [1.807, 2.05) is 31.3 Å². The molecular weight excluding hydrogens is 464 g/mol. The largest absolute Gasteiger partial charge is 0.495 e. The number of aliphatic hydroxyl groups excluding tert-OH is 1. The number of nitrogens with zero attached hydrogens (tertiary/aromatic N) is 1. The summed E-state index contributed by atoms with van der Waals surface area (Å²) in [5, 5.41) is 14.6. The number of hydrogen-bond acceptors (Lipinski definition) is 5. The molecule has 0 aliphatic carbocycles. The van der Waals surface area contributed by atoms with E-state index < -0.39 is 6.10 Å². The highest BCUT2D eigenvalue weighted by atomic mass is 35.5. The molecule has 0 spiro atoms. The number of allylic oxidation sites excluding steroid dienone is 3. The summed E-state index contributed by atoms with van der Waals surface area (Å²) in [6.07, 6.45) is 8.73. The van der Waals surface area contributed by atoms with Crippen molar-refractivity contribution < 1.29 is 19.4 Å². The molecule has 0 fully saturated rings. The van der Waals surface area contributed by atoms with Gasteiger partial charge in [0.2, 0.25) is 5.91 Å². The molecule has 0 aromatic heterocycles. The molecule has 1 aromatic rings. The van der Waals surface area contributed by atoms with Crippen molar-refractivity contribution in [3.63, 3.8) is 0 Å². The standard InChI is InChI=1S/C28H43ClN2O4/c1-18-9-8-10-25(34-6)22(30-4)17-24(32)20(3)13-19(2)11-12-27(33)31(5)23-15-21(14-18)16-26(35-7)28(23)29/h8-10,15-16,19-20,22,24-25,30,32H,11-14,17H2,1-7H3/b10-8+,18-9+/t19-,20-,22?,24?,25+/m0/s1. The fourth-order valence-corrected chi connectivity index (χ4v) is 5.02. The number of methoxy groups -OCH3 is 2. The lowest BCUT2D eigenvalue weighted by Gasteiger charge is -2.29. The van der Waals surface area contributed by atoms with Gasteiger partial charge in [-0.3, -0.25) is 4.79 Å². The smallest absolute Gasteiger partial charge is 0.226 e. The molecule has 35 heavy (non-hydrogen) atoms. The summed E-state index contributed by atoms with van der Waals surface area (Å²) in [5.41, 5.74) is 2.81. The Hall–Kier alpha value is -1.86. The van der Waals surface area contributed by atoms with Crippen molar-refractivity contribution in [2.24, 2.45) is 11.8 Å². The van der Waals surface area contributed by atoms with Crippen LogP contribution in [0.15, 0.2) is 35.9 Å². The second-order valence-electron chi connectivity index (χ2n) is 9.91. The monoisotopic (exact) mass is 506 g/mol. The van der Waals surface area contributed by atoms with Gasteiger partial charge in [0.05, 0.1) is 25.0 Å². The van der Waals surface area contributed by atoms with Crippen molar-refractivity contribution in [2.45, 2.75) is 71.1 Å². The van der Waals surface area contributed by atoms with Gasteiger partial charge in [0.1, 0.15) is 10.8 Å². The number of amides is 1. The Balaban J connectivity index is 2.44. The Morgan fingerprint density at radius 3 is 2.54 bits per heavy atom. The minimum atomic E-state index is -0.466. The second-order valence-corrected chi connectivity index (χ2v) is 10.3. The van der Waals surface area contributed by atoms with E-state index in [1.165, 1.54) is 0 Å². The zero-order valence-corrected chi connectivity index (χ0v) is 23.1. The Kier molecular flexibility index (Phi) is 11.8. The van der Waals surface area contributed by atoms with E-state index in [9.17, 15) is 9.90 Å². The molecule has 5 atom stereocenters. The molecular formula is C28H43ClN2O4. The van der Waals surface area contributed by atoms with Crippen LogP contribution < -0.4 is 15.0 Å². The number of carbonyl (C=O) groups excluding carboxylic acids is 1. The number of nitrogens with one attached hydrogen (secondary N) is 1. The van der Waals surface area contributed by atoms with Crippen LogP contribution in [0.25, 0.3) is 0 Å². The molecule has 2 bridgehead atoms. The molecule has 1 aliphatic heterocycles. The number of likely N-dealkylation sites (N-methyl/N-ethyl adjacent to an activating group) is 1. The maximum Gasteiger partial charge on any atom is 0.226 e. The van der Waals surface area contributed by atoms with E-state index in [0.717, 1.165) is 24.0 Å². The van der Waals surface area contributed by atoms with Gasteiger partial charge in [0.25, 0.3) is 0 Å². The van der Waals surface area contributed by atoms with Gasteiger partial charge in [-0.25, -0.2) is 0 Å². The molecule has 0 saturated carbocycles. The molecule has 0 radical (unpaired) electrons. The topological polar surface area (TPSA) is 71.0 Å². The number of rotatable bonds is 3. The van der Waals surface area contributed by atoms with Crippen molar-refractivity contribution >= 4 is 23.2 Å². The van der Waals surface area contributed by atoms with Crippen LogP contribution >= 0.6 is 11.6 Å². The van der Waals surface area contributed by atoms with Gasteiger partial charge in [0.15, 0.2) is 0 Å². The first-order chi connectivity index (χ1) is 16.6. The Morgan fingerprint density at radius 1 is 1.20 bits per heavy atom. The summed E-state index contributed by atoms with van der Waals surface area (Å²) in [5.74, 6) is 0.973. The van der Waals surface area contributed by atoms with Crippen molar-refractivity contribution in [3.05, 3.63) is 46.5 Å². The number of fused-ring (bicyclic) bond motifs is 2. The molecule has 6 nitrogen and oxygen atoms in total. The maximum atomic E-state index is 13.1. The third kappa shape index (κ3) is 8.35. The number of halogens is 1. The molecule has 0 saturated heterocycles. The van der Waals surface area contributed by atoms with Gasteiger partial charge < -0.3 is 24.8 Å². The molecule has 1 aromatic carbocycles. The summed E-state index contributed by atoms with van der Waals surface area (Å²) in [4.78, 5) is 14.7. The first kappa shape index (κ1) is 29.4. The van der Waals surface area contributed by atoms with E-state index in [1.54, 1.807) is 26.2 Å². The Bertz CT molecular complexity index is 901. The molecule has 7 heteroatoms. The van der Waals surface area contributed by atoms with E-state index in [0.29, 0.717) is 41.6 Å².